The lowest BCUT2D eigenvalue weighted by molar-refractivity contribution is 0.307. The summed E-state index contributed by atoms with van der Waals surface area (Å²) in [4.78, 5) is 0. The third-order valence-electron chi connectivity index (χ3n) is 2.13. The Morgan fingerprint density at radius 3 is 2.88 bits per heavy atom. The van der Waals surface area contributed by atoms with Crippen LogP contribution in [-0.4, -0.2) is 19.7 Å². The lowest BCUT2D eigenvalue weighted by Crippen LogP contribution is -2.17. The van der Waals surface area contributed by atoms with Crippen LogP contribution in [0, 0.1) is 6.92 Å². The SMILES string of the molecule is C=CCNCCCOc1ccc(C)cc1Br.Cl. The van der Waals surface area contributed by atoms with Gasteiger partial charge in [0.15, 0.2) is 0 Å². The van der Waals surface area contributed by atoms with Crippen LogP contribution in [0.1, 0.15) is 12.0 Å². The van der Waals surface area contributed by atoms with Crippen LogP contribution >= 0.6 is 28.3 Å². The molecule has 96 valence electrons. The number of hydrogen-bond donors (Lipinski definition) is 1. The van der Waals surface area contributed by atoms with Crippen LogP contribution in [0.15, 0.2) is 35.3 Å². The Bertz CT molecular complexity index is 344. The molecule has 1 aromatic rings. The Balaban J connectivity index is 0.00000256. The fourth-order valence-electron chi connectivity index (χ4n) is 1.31. The van der Waals surface area contributed by atoms with Crippen LogP contribution in [-0.2, 0) is 0 Å². The van der Waals surface area contributed by atoms with E-state index in [1.165, 1.54) is 5.56 Å². The van der Waals surface area contributed by atoms with E-state index in [1.807, 2.05) is 12.1 Å². The lowest BCUT2D eigenvalue weighted by atomic mass is 10.2. The summed E-state index contributed by atoms with van der Waals surface area (Å²) in [6, 6.07) is 6.11. The molecule has 4 heteroatoms. The second kappa shape index (κ2) is 9.51. The Kier molecular flexibility index (Phi) is 9.23. The molecule has 0 aromatic heterocycles. The van der Waals surface area contributed by atoms with Crippen molar-refractivity contribution in [2.75, 3.05) is 19.7 Å². The van der Waals surface area contributed by atoms with E-state index >= 15 is 0 Å². The first kappa shape index (κ1) is 16.5. The Morgan fingerprint density at radius 1 is 1.47 bits per heavy atom. The van der Waals surface area contributed by atoms with Gasteiger partial charge in [0.1, 0.15) is 5.75 Å². The van der Waals surface area contributed by atoms with Gasteiger partial charge in [-0.3, -0.25) is 0 Å². The number of hydrogen-bond acceptors (Lipinski definition) is 2. The minimum Gasteiger partial charge on any atom is -0.492 e. The second-order valence-corrected chi connectivity index (χ2v) is 4.48. The number of halogens is 2. The van der Waals surface area contributed by atoms with Gasteiger partial charge in [-0.2, -0.15) is 0 Å². The van der Waals surface area contributed by atoms with E-state index < -0.39 is 0 Å². The van der Waals surface area contributed by atoms with Crippen molar-refractivity contribution in [3.8, 4) is 5.75 Å². The van der Waals surface area contributed by atoms with Crippen molar-refractivity contribution in [2.24, 2.45) is 0 Å². The fourth-order valence-corrected chi connectivity index (χ4v) is 1.91. The molecule has 0 aliphatic carbocycles. The van der Waals surface area contributed by atoms with Crippen LogP contribution in [0.2, 0.25) is 0 Å². The molecule has 0 heterocycles. The van der Waals surface area contributed by atoms with Gasteiger partial charge in [-0.15, -0.1) is 19.0 Å². The van der Waals surface area contributed by atoms with Gasteiger partial charge in [0.2, 0.25) is 0 Å². The highest BCUT2D eigenvalue weighted by atomic mass is 79.9. The summed E-state index contributed by atoms with van der Waals surface area (Å²) in [7, 11) is 0. The first-order chi connectivity index (χ1) is 7.74. The van der Waals surface area contributed by atoms with E-state index in [1.54, 1.807) is 0 Å². The second-order valence-electron chi connectivity index (χ2n) is 3.63. The maximum Gasteiger partial charge on any atom is 0.133 e. The van der Waals surface area contributed by atoms with E-state index in [-0.39, 0.29) is 12.4 Å². The maximum atomic E-state index is 5.66. The molecule has 0 unspecified atom stereocenters. The smallest absolute Gasteiger partial charge is 0.133 e. The molecular formula is C13H19BrClNO. The summed E-state index contributed by atoms with van der Waals surface area (Å²) < 4.78 is 6.68. The molecule has 0 fully saturated rings. The number of ether oxygens (including phenoxy) is 1. The molecule has 0 saturated heterocycles. The van der Waals surface area contributed by atoms with E-state index in [0.717, 1.165) is 36.3 Å². The predicted octanol–water partition coefficient (Wildman–Crippen LogP) is 3.72. The molecule has 17 heavy (non-hydrogen) atoms. The maximum absolute atomic E-state index is 5.66. The molecule has 0 saturated carbocycles. The molecule has 0 bridgehead atoms. The first-order valence-corrected chi connectivity index (χ1v) is 6.24. The van der Waals surface area contributed by atoms with Gasteiger partial charge in [0.05, 0.1) is 11.1 Å². The van der Waals surface area contributed by atoms with E-state index in [4.69, 9.17) is 4.74 Å². The molecule has 0 aliphatic rings. The largest absolute Gasteiger partial charge is 0.492 e. The van der Waals surface area contributed by atoms with Crippen molar-refractivity contribution >= 4 is 28.3 Å². The molecule has 0 aliphatic heterocycles. The van der Waals surface area contributed by atoms with E-state index in [2.05, 4.69) is 46.9 Å². The summed E-state index contributed by atoms with van der Waals surface area (Å²) in [5, 5.41) is 3.24. The Hall–Kier alpha value is -0.510. The van der Waals surface area contributed by atoms with E-state index in [0.29, 0.717) is 0 Å². The quantitative estimate of drug-likeness (QED) is 0.610. The number of benzene rings is 1. The average Bonchev–Trinajstić information content (AvgIpc) is 2.26. The summed E-state index contributed by atoms with van der Waals surface area (Å²) >= 11 is 3.49. The van der Waals surface area contributed by atoms with Gasteiger partial charge in [0.25, 0.3) is 0 Å². The molecule has 1 aromatic carbocycles. The zero-order chi connectivity index (χ0) is 11.8. The molecule has 0 atom stereocenters. The molecule has 0 amide bonds. The molecule has 1 N–H and O–H groups in total. The van der Waals surface area contributed by atoms with Crippen molar-refractivity contribution < 1.29 is 4.74 Å². The van der Waals surface area contributed by atoms with Crippen molar-refractivity contribution in [2.45, 2.75) is 13.3 Å². The van der Waals surface area contributed by atoms with Crippen molar-refractivity contribution in [3.05, 3.63) is 40.9 Å². The highest BCUT2D eigenvalue weighted by molar-refractivity contribution is 9.10. The van der Waals surface area contributed by atoms with Crippen molar-refractivity contribution in [1.29, 1.82) is 0 Å². The van der Waals surface area contributed by atoms with E-state index in [9.17, 15) is 0 Å². The van der Waals surface area contributed by atoms with Crippen LogP contribution in [0.4, 0.5) is 0 Å². The Labute approximate surface area is 118 Å². The van der Waals surface area contributed by atoms with Crippen LogP contribution in [0.5, 0.6) is 5.75 Å². The number of aryl methyl sites for hydroxylation is 1. The summed E-state index contributed by atoms with van der Waals surface area (Å²) in [6.45, 7) is 8.25. The minimum absolute atomic E-state index is 0. The van der Waals surface area contributed by atoms with Gasteiger partial charge in [-0.25, -0.2) is 0 Å². The highest BCUT2D eigenvalue weighted by Crippen LogP contribution is 2.25. The van der Waals surface area contributed by atoms with Gasteiger partial charge in [-0.05, 0) is 53.5 Å². The third kappa shape index (κ3) is 6.71. The standard InChI is InChI=1S/C13H18BrNO.ClH/c1-3-7-15-8-4-9-16-13-6-5-11(2)10-12(13)14;/h3,5-6,10,15H,1,4,7-9H2,2H3;1H. The van der Waals surface area contributed by atoms with Crippen molar-refractivity contribution in [3.63, 3.8) is 0 Å². The first-order valence-electron chi connectivity index (χ1n) is 5.44. The molecule has 1 rings (SSSR count). The zero-order valence-electron chi connectivity index (χ0n) is 10.0. The lowest BCUT2D eigenvalue weighted by Gasteiger charge is -2.08. The van der Waals surface area contributed by atoms with Crippen LogP contribution in [0.3, 0.4) is 0 Å². The van der Waals surface area contributed by atoms with Crippen molar-refractivity contribution in [1.82, 2.24) is 5.32 Å². The third-order valence-corrected chi connectivity index (χ3v) is 2.75. The molecule has 2 nitrogen and oxygen atoms in total. The monoisotopic (exact) mass is 319 g/mol. The zero-order valence-corrected chi connectivity index (χ0v) is 12.4. The van der Waals surface area contributed by atoms with Gasteiger partial charge >= 0.3 is 0 Å². The van der Waals surface area contributed by atoms with Gasteiger partial charge in [-0.1, -0.05) is 12.1 Å². The summed E-state index contributed by atoms with van der Waals surface area (Å²) in [5.41, 5.74) is 1.23. The van der Waals surface area contributed by atoms with Gasteiger partial charge < -0.3 is 10.1 Å². The van der Waals surface area contributed by atoms with Crippen LogP contribution in [0.25, 0.3) is 0 Å². The number of nitrogens with one attached hydrogen (secondary N) is 1. The topological polar surface area (TPSA) is 21.3 Å². The fraction of sp³-hybridized carbons (Fsp3) is 0.385. The Morgan fingerprint density at radius 2 is 2.24 bits per heavy atom. The predicted molar refractivity (Wildman–Crippen MR) is 79.3 cm³/mol. The minimum atomic E-state index is 0. The summed E-state index contributed by atoms with van der Waals surface area (Å²) in [5.74, 6) is 0.911. The molecular weight excluding hydrogens is 302 g/mol. The number of rotatable bonds is 7. The molecule has 0 radical (unpaired) electrons. The van der Waals surface area contributed by atoms with Crippen LogP contribution < -0.4 is 10.1 Å². The molecule has 0 spiro atoms. The normalized spacial score (nSPS) is 9.53. The van der Waals surface area contributed by atoms with Gasteiger partial charge in [0, 0.05) is 6.54 Å². The summed E-state index contributed by atoms with van der Waals surface area (Å²) in [6.07, 6.45) is 2.85. The highest BCUT2D eigenvalue weighted by Gasteiger charge is 2.00. The average molecular weight is 321 g/mol.